The molecule has 6 heteroatoms. The van der Waals surface area contributed by atoms with E-state index in [4.69, 9.17) is 4.74 Å². The highest BCUT2D eigenvalue weighted by Gasteiger charge is 2.25. The average molecular weight is 383 g/mol. The first kappa shape index (κ1) is 19.0. The van der Waals surface area contributed by atoms with E-state index in [-0.39, 0.29) is 5.91 Å². The third-order valence-electron chi connectivity index (χ3n) is 6.04. The first-order chi connectivity index (χ1) is 13.6. The molecule has 0 saturated carbocycles. The molecule has 1 unspecified atom stereocenters. The van der Waals surface area contributed by atoms with E-state index < -0.39 is 0 Å². The van der Waals surface area contributed by atoms with Crippen LogP contribution in [0, 0.1) is 0 Å². The number of benzene rings is 1. The zero-order valence-electron chi connectivity index (χ0n) is 16.9. The average Bonchev–Trinajstić information content (AvgIpc) is 3.20. The van der Waals surface area contributed by atoms with Crippen LogP contribution in [0.15, 0.2) is 30.6 Å². The lowest BCUT2D eigenvalue weighted by atomic mass is 9.97. The molecule has 0 bridgehead atoms. The van der Waals surface area contributed by atoms with Crippen molar-refractivity contribution in [1.82, 2.24) is 20.0 Å². The molecule has 1 N–H and O–H groups in total. The first-order valence-corrected chi connectivity index (χ1v) is 10.4. The molecule has 28 heavy (non-hydrogen) atoms. The minimum atomic E-state index is -0.0115. The Kier molecular flexibility index (Phi) is 5.67. The van der Waals surface area contributed by atoms with E-state index in [2.05, 4.69) is 51.3 Å². The van der Waals surface area contributed by atoms with Gasteiger partial charge in [0.25, 0.3) is 0 Å². The van der Waals surface area contributed by atoms with E-state index in [0.29, 0.717) is 18.6 Å². The molecule has 3 heterocycles. The van der Waals surface area contributed by atoms with Crippen LogP contribution in [0.4, 0.5) is 0 Å². The highest BCUT2D eigenvalue weighted by molar-refractivity contribution is 5.72. The molecule has 4 rings (SSSR count). The van der Waals surface area contributed by atoms with Gasteiger partial charge in [0.1, 0.15) is 5.75 Å². The molecule has 2 aliphatic rings. The zero-order chi connectivity index (χ0) is 19.5. The summed E-state index contributed by atoms with van der Waals surface area (Å²) < 4.78 is 7.93. The lowest BCUT2D eigenvalue weighted by Crippen LogP contribution is -2.36. The second kappa shape index (κ2) is 8.35. The molecule has 0 radical (unpaired) electrons. The molecular formula is C22H30N4O2. The number of likely N-dealkylation sites (tertiary alicyclic amines) is 1. The normalized spacial score (nSPS) is 18.9. The second-order valence-corrected chi connectivity index (χ2v) is 8.00. The summed E-state index contributed by atoms with van der Waals surface area (Å²) in [6.07, 6.45) is 8.36. The number of piperidine rings is 1. The quantitative estimate of drug-likeness (QED) is 0.862. The summed E-state index contributed by atoms with van der Waals surface area (Å²) in [5, 5.41) is 7.35. The molecule has 2 aromatic rings. The van der Waals surface area contributed by atoms with Gasteiger partial charge in [-0.1, -0.05) is 12.1 Å². The largest absolute Gasteiger partial charge is 0.493 e. The van der Waals surface area contributed by atoms with Crippen molar-refractivity contribution in [3.05, 3.63) is 47.3 Å². The number of aryl methyl sites for hydroxylation is 1. The summed E-state index contributed by atoms with van der Waals surface area (Å²) in [4.78, 5) is 13.6. The van der Waals surface area contributed by atoms with Gasteiger partial charge in [-0.05, 0) is 49.8 Å². The fraction of sp³-hybridized carbons (Fsp3) is 0.545. The monoisotopic (exact) mass is 382 g/mol. The number of amides is 1. The molecule has 6 nitrogen and oxygen atoms in total. The number of aromatic nitrogens is 2. The minimum Gasteiger partial charge on any atom is -0.493 e. The number of carbonyl (C=O) groups excluding carboxylic acids is 1. The summed E-state index contributed by atoms with van der Waals surface area (Å²) in [5.41, 5.74) is 3.74. The van der Waals surface area contributed by atoms with Crippen molar-refractivity contribution in [3.8, 4) is 5.75 Å². The van der Waals surface area contributed by atoms with Crippen molar-refractivity contribution in [2.45, 2.75) is 58.2 Å². The van der Waals surface area contributed by atoms with Crippen LogP contribution in [0.3, 0.4) is 0 Å². The van der Waals surface area contributed by atoms with E-state index >= 15 is 0 Å². The van der Waals surface area contributed by atoms with Gasteiger partial charge < -0.3 is 10.1 Å². The van der Waals surface area contributed by atoms with Crippen LogP contribution >= 0.6 is 0 Å². The van der Waals surface area contributed by atoms with Crippen LogP contribution in [0.1, 0.15) is 61.9 Å². The second-order valence-electron chi connectivity index (χ2n) is 8.00. The van der Waals surface area contributed by atoms with E-state index in [1.165, 1.54) is 18.1 Å². The van der Waals surface area contributed by atoms with Crippen LogP contribution in [-0.4, -0.2) is 40.3 Å². The van der Waals surface area contributed by atoms with Gasteiger partial charge in [0, 0.05) is 44.4 Å². The maximum atomic E-state index is 11.1. The minimum absolute atomic E-state index is 0.0115. The van der Waals surface area contributed by atoms with Crippen LogP contribution < -0.4 is 10.1 Å². The number of fused-ring (bicyclic) bond motifs is 1. The summed E-state index contributed by atoms with van der Waals surface area (Å²) in [6, 6.07) is 7.58. The number of nitrogens with one attached hydrogen (secondary N) is 1. The SMILES string of the molecule is CC(=O)NCc1cnn(C2CCN(C(C)c3ccc4c(c3)OCCC4)CC2)c1. The summed E-state index contributed by atoms with van der Waals surface area (Å²) in [7, 11) is 0. The van der Waals surface area contributed by atoms with Gasteiger partial charge in [-0.3, -0.25) is 14.4 Å². The number of hydrogen-bond acceptors (Lipinski definition) is 4. The molecule has 1 aromatic heterocycles. The number of hydrogen-bond donors (Lipinski definition) is 1. The van der Waals surface area contributed by atoms with Crippen molar-refractivity contribution < 1.29 is 9.53 Å². The van der Waals surface area contributed by atoms with Gasteiger partial charge in [0.2, 0.25) is 5.91 Å². The fourth-order valence-corrected chi connectivity index (χ4v) is 4.26. The molecule has 0 aliphatic carbocycles. The third-order valence-corrected chi connectivity index (χ3v) is 6.04. The molecular weight excluding hydrogens is 352 g/mol. The van der Waals surface area contributed by atoms with Gasteiger partial charge in [-0.25, -0.2) is 0 Å². The standard InChI is InChI=1S/C22H30N4O2/c1-16(20-6-5-19-4-3-11-28-22(19)12-20)25-9-7-21(8-10-25)26-15-18(14-24-26)13-23-17(2)27/h5-6,12,14-16,21H,3-4,7-11,13H2,1-2H3,(H,23,27). The Morgan fingerprint density at radius 1 is 1.36 bits per heavy atom. The van der Waals surface area contributed by atoms with Crippen molar-refractivity contribution in [1.29, 1.82) is 0 Å². The molecule has 1 aromatic carbocycles. The lowest BCUT2D eigenvalue weighted by molar-refractivity contribution is -0.119. The predicted molar refractivity (Wildman–Crippen MR) is 108 cm³/mol. The summed E-state index contributed by atoms with van der Waals surface area (Å²) in [5.74, 6) is 1.07. The van der Waals surface area contributed by atoms with Crippen LogP contribution in [0.5, 0.6) is 5.75 Å². The Labute approximate surface area is 166 Å². The molecule has 0 spiro atoms. The van der Waals surface area contributed by atoms with E-state index in [1.807, 2.05) is 6.20 Å². The topological polar surface area (TPSA) is 59.4 Å². The third kappa shape index (κ3) is 4.22. The van der Waals surface area contributed by atoms with Gasteiger partial charge >= 0.3 is 0 Å². The predicted octanol–water partition coefficient (Wildman–Crippen LogP) is 3.24. The van der Waals surface area contributed by atoms with Crippen LogP contribution in [0.2, 0.25) is 0 Å². The van der Waals surface area contributed by atoms with Gasteiger partial charge in [-0.15, -0.1) is 0 Å². The van der Waals surface area contributed by atoms with Crippen molar-refractivity contribution in [3.63, 3.8) is 0 Å². The van der Waals surface area contributed by atoms with Crippen molar-refractivity contribution >= 4 is 5.91 Å². The first-order valence-electron chi connectivity index (χ1n) is 10.4. The molecule has 1 amide bonds. The van der Waals surface area contributed by atoms with E-state index in [9.17, 15) is 4.79 Å². The van der Waals surface area contributed by atoms with E-state index in [0.717, 1.165) is 56.7 Å². The molecule has 1 atom stereocenters. The molecule has 1 fully saturated rings. The summed E-state index contributed by atoms with van der Waals surface area (Å²) in [6.45, 7) is 7.34. The van der Waals surface area contributed by atoms with Crippen molar-refractivity contribution in [2.75, 3.05) is 19.7 Å². The van der Waals surface area contributed by atoms with Gasteiger partial charge in [0.15, 0.2) is 0 Å². The molecule has 2 aliphatic heterocycles. The Balaban J connectivity index is 1.34. The zero-order valence-corrected chi connectivity index (χ0v) is 16.9. The molecule has 1 saturated heterocycles. The number of carbonyl (C=O) groups is 1. The van der Waals surface area contributed by atoms with Crippen molar-refractivity contribution in [2.24, 2.45) is 0 Å². The van der Waals surface area contributed by atoms with Crippen LogP contribution in [0.25, 0.3) is 0 Å². The highest BCUT2D eigenvalue weighted by Crippen LogP contribution is 2.33. The Bertz CT molecular complexity index is 824. The van der Waals surface area contributed by atoms with Crippen LogP contribution in [-0.2, 0) is 17.8 Å². The Hall–Kier alpha value is -2.34. The van der Waals surface area contributed by atoms with E-state index in [1.54, 1.807) is 0 Å². The Morgan fingerprint density at radius 3 is 2.96 bits per heavy atom. The molecule has 150 valence electrons. The highest BCUT2D eigenvalue weighted by atomic mass is 16.5. The lowest BCUT2D eigenvalue weighted by Gasteiger charge is -2.36. The van der Waals surface area contributed by atoms with Gasteiger partial charge in [-0.2, -0.15) is 5.10 Å². The maximum Gasteiger partial charge on any atom is 0.217 e. The summed E-state index contributed by atoms with van der Waals surface area (Å²) >= 11 is 0. The number of nitrogens with zero attached hydrogens (tertiary/aromatic N) is 3. The smallest absolute Gasteiger partial charge is 0.217 e. The maximum absolute atomic E-state index is 11.1. The van der Waals surface area contributed by atoms with Gasteiger partial charge in [0.05, 0.1) is 18.8 Å². The number of ether oxygens (including phenoxy) is 1. The fourth-order valence-electron chi connectivity index (χ4n) is 4.26. The number of rotatable bonds is 5. The Morgan fingerprint density at radius 2 is 2.18 bits per heavy atom.